The molecule has 5 rings (SSSR count). The van der Waals surface area contributed by atoms with Crippen molar-refractivity contribution >= 4 is 57.9 Å². The molecule has 37 heavy (non-hydrogen) atoms. The van der Waals surface area contributed by atoms with Gasteiger partial charge in [0.25, 0.3) is 5.69 Å². The van der Waals surface area contributed by atoms with Gasteiger partial charge in [0.1, 0.15) is 11.8 Å². The molecule has 190 valence electrons. The second-order valence-corrected chi connectivity index (χ2v) is 11.6. The summed E-state index contributed by atoms with van der Waals surface area (Å²) in [5, 5.41) is 13.5. The van der Waals surface area contributed by atoms with E-state index in [1.165, 1.54) is 28.8 Å². The first-order valence-corrected chi connectivity index (χ1v) is 13.1. The zero-order valence-corrected chi connectivity index (χ0v) is 21.7. The van der Waals surface area contributed by atoms with Crippen LogP contribution in [0.15, 0.2) is 58.4 Å². The second-order valence-electron chi connectivity index (χ2n) is 9.53. The van der Waals surface area contributed by atoms with Crippen molar-refractivity contribution in [2.45, 2.75) is 43.0 Å². The number of carbonyl (C=O) groups excluding carboxylic acids is 3. The summed E-state index contributed by atoms with van der Waals surface area (Å²) in [5.41, 5.74) is 0.911. The van der Waals surface area contributed by atoms with E-state index in [9.17, 15) is 29.3 Å². The molecule has 0 saturated carbocycles. The lowest BCUT2D eigenvalue weighted by Crippen LogP contribution is -2.41. The Hall–Kier alpha value is -3.77. The maximum atomic E-state index is 13.5. The van der Waals surface area contributed by atoms with Crippen LogP contribution in [0.1, 0.15) is 24.3 Å². The van der Waals surface area contributed by atoms with E-state index in [0.29, 0.717) is 15.6 Å². The summed E-state index contributed by atoms with van der Waals surface area (Å²) >= 11 is 2.10. The van der Waals surface area contributed by atoms with Crippen molar-refractivity contribution in [1.29, 1.82) is 0 Å². The molecule has 2 unspecified atom stereocenters. The van der Waals surface area contributed by atoms with E-state index in [1.807, 2.05) is 32.9 Å². The van der Waals surface area contributed by atoms with Gasteiger partial charge in [-0.1, -0.05) is 54.6 Å². The van der Waals surface area contributed by atoms with Crippen LogP contribution in [0.2, 0.25) is 0 Å². The maximum Gasteiger partial charge on any atom is 0.308 e. The van der Waals surface area contributed by atoms with Crippen molar-refractivity contribution in [1.82, 2.24) is 4.57 Å². The Labute approximate surface area is 219 Å². The Kier molecular flexibility index (Phi) is 6.03. The van der Waals surface area contributed by atoms with Gasteiger partial charge in [0.05, 0.1) is 21.6 Å². The van der Waals surface area contributed by atoms with Gasteiger partial charge in [0.15, 0.2) is 0 Å². The van der Waals surface area contributed by atoms with Crippen LogP contribution < -0.4 is 15.1 Å². The Morgan fingerprint density at radius 2 is 1.70 bits per heavy atom. The molecule has 2 atom stereocenters. The molecule has 2 aliphatic rings. The van der Waals surface area contributed by atoms with Gasteiger partial charge in [-0.05, 0) is 31.2 Å². The number of carbonyl (C=O) groups is 3. The summed E-state index contributed by atoms with van der Waals surface area (Å²) < 4.78 is 1.36. The summed E-state index contributed by atoms with van der Waals surface area (Å²) in [6.45, 7) is 5.35. The number of nitro benzene ring substituents is 1. The molecule has 2 aromatic carbocycles. The highest BCUT2D eigenvalue weighted by molar-refractivity contribution is 8.00. The molecule has 10 nitrogen and oxygen atoms in total. The maximum absolute atomic E-state index is 13.5. The highest BCUT2D eigenvalue weighted by Gasteiger charge is 2.59. The molecule has 3 aromatic rings. The van der Waals surface area contributed by atoms with Crippen LogP contribution >= 0.6 is 23.1 Å². The molecular formula is C25H22N4O6S2. The molecule has 3 amide bonds. The number of nitrogens with one attached hydrogen (secondary N) is 1. The monoisotopic (exact) mass is 538 g/mol. The fraction of sp³-hybridized carbons (Fsp3) is 0.280. The quantitative estimate of drug-likeness (QED) is 0.298. The van der Waals surface area contributed by atoms with Crippen molar-refractivity contribution < 1.29 is 19.3 Å². The number of benzene rings is 2. The lowest BCUT2D eigenvalue weighted by molar-refractivity contribution is -0.384. The number of rotatable bonds is 5. The average molecular weight is 539 g/mol. The lowest BCUT2D eigenvalue weighted by Gasteiger charge is -2.36. The van der Waals surface area contributed by atoms with Gasteiger partial charge in [-0.25, -0.2) is 4.90 Å². The van der Waals surface area contributed by atoms with Crippen molar-refractivity contribution in [2.75, 3.05) is 10.2 Å². The number of aromatic nitrogens is 1. The first kappa shape index (κ1) is 24.9. The fourth-order valence-corrected chi connectivity index (χ4v) is 7.76. The summed E-state index contributed by atoms with van der Waals surface area (Å²) in [4.78, 5) is 64.5. The third-order valence-corrected chi connectivity index (χ3v) is 9.48. The number of hydrogen-bond acceptors (Lipinski definition) is 8. The van der Waals surface area contributed by atoms with Crippen molar-refractivity contribution in [3.8, 4) is 0 Å². The van der Waals surface area contributed by atoms with E-state index < -0.39 is 33.3 Å². The summed E-state index contributed by atoms with van der Waals surface area (Å²) in [5.74, 6) is -1.99. The van der Waals surface area contributed by atoms with Gasteiger partial charge in [-0.2, -0.15) is 0 Å². The third-order valence-electron chi connectivity index (χ3n) is 6.66. The zero-order chi connectivity index (χ0) is 26.6. The topological polar surface area (TPSA) is 132 Å². The van der Waals surface area contributed by atoms with E-state index in [0.717, 1.165) is 33.6 Å². The molecule has 0 radical (unpaired) electrons. The minimum atomic E-state index is -0.851. The van der Waals surface area contributed by atoms with E-state index in [2.05, 4.69) is 5.32 Å². The Morgan fingerprint density at radius 3 is 2.32 bits per heavy atom. The highest BCUT2D eigenvalue weighted by Crippen LogP contribution is 2.54. The number of nitro groups is 1. The number of nitrogens with zero attached hydrogens (tertiary/aromatic N) is 3. The molecular weight excluding hydrogens is 516 g/mol. The summed E-state index contributed by atoms with van der Waals surface area (Å²) in [7, 11) is 0. The van der Waals surface area contributed by atoms with E-state index in [4.69, 9.17) is 0 Å². The smallest absolute Gasteiger partial charge is 0.308 e. The number of thiazole rings is 1. The number of hydrogen-bond donors (Lipinski definition) is 1. The van der Waals surface area contributed by atoms with Gasteiger partial charge >= 0.3 is 4.87 Å². The first-order chi connectivity index (χ1) is 17.5. The number of aryl methyl sites for hydroxylation is 1. The Bertz CT molecular complexity index is 1510. The Balaban J connectivity index is 1.45. The van der Waals surface area contributed by atoms with Crippen molar-refractivity contribution in [3.05, 3.63) is 78.8 Å². The minimum Gasteiger partial charge on any atom is -0.325 e. The average Bonchev–Trinajstić information content (AvgIpc) is 3.29. The number of thioether (sulfide) groups is 1. The molecule has 3 heterocycles. The molecule has 0 spiro atoms. The highest BCUT2D eigenvalue weighted by atomic mass is 32.2. The molecule has 0 bridgehead atoms. The van der Waals surface area contributed by atoms with Crippen LogP contribution in [0.5, 0.6) is 0 Å². The van der Waals surface area contributed by atoms with Gasteiger partial charge in [0.2, 0.25) is 17.7 Å². The molecule has 1 aromatic heterocycles. The fourth-order valence-electron chi connectivity index (χ4n) is 4.73. The number of imide groups is 1. The second kappa shape index (κ2) is 8.96. The summed E-state index contributed by atoms with van der Waals surface area (Å²) in [6, 6.07) is 12.5. The van der Waals surface area contributed by atoms with Crippen molar-refractivity contribution in [2.24, 2.45) is 5.92 Å². The van der Waals surface area contributed by atoms with Crippen molar-refractivity contribution in [3.63, 3.8) is 0 Å². The number of fused-ring (bicyclic) bond motifs is 2. The third kappa shape index (κ3) is 4.15. The van der Waals surface area contributed by atoms with Crippen LogP contribution in [0.3, 0.4) is 0 Å². The normalized spacial score (nSPS) is 19.9. The SMILES string of the molecule is Cc1ccc(NC(=O)Cn2c3c(sc2=O)C(C)(C)C2C(=O)N(c4ccc([N+](=O)[O-])cc4)C(=O)C2S3)cc1. The van der Waals surface area contributed by atoms with Crippen LogP contribution in [0.4, 0.5) is 17.1 Å². The van der Waals surface area contributed by atoms with Crippen LogP contribution in [0, 0.1) is 23.0 Å². The summed E-state index contributed by atoms with van der Waals surface area (Å²) in [6.07, 6.45) is 0. The first-order valence-electron chi connectivity index (χ1n) is 11.4. The van der Waals surface area contributed by atoms with Crippen LogP contribution in [-0.2, 0) is 26.3 Å². The van der Waals surface area contributed by atoms with E-state index in [1.54, 1.807) is 12.1 Å². The molecule has 2 aliphatic heterocycles. The number of amides is 3. The van der Waals surface area contributed by atoms with Crippen LogP contribution in [0.25, 0.3) is 0 Å². The molecule has 1 fully saturated rings. The number of anilines is 2. The van der Waals surface area contributed by atoms with E-state index >= 15 is 0 Å². The molecule has 1 saturated heterocycles. The Morgan fingerprint density at radius 1 is 1.05 bits per heavy atom. The number of non-ortho nitro benzene ring substituents is 1. The van der Waals surface area contributed by atoms with Gasteiger partial charge in [-0.3, -0.25) is 33.9 Å². The lowest BCUT2D eigenvalue weighted by atomic mass is 9.76. The van der Waals surface area contributed by atoms with Crippen LogP contribution in [-0.4, -0.2) is 32.5 Å². The minimum absolute atomic E-state index is 0.148. The van der Waals surface area contributed by atoms with Gasteiger partial charge in [-0.15, -0.1) is 0 Å². The predicted octanol–water partition coefficient (Wildman–Crippen LogP) is 3.71. The van der Waals surface area contributed by atoms with Gasteiger partial charge in [0, 0.05) is 28.1 Å². The molecule has 1 N–H and O–H groups in total. The predicted molar refractivity (Wildman–Crippen MR) is 140 cm³/mol. The van der Waals surface area contributed by atoms with E-state index in [-0.39, 0.29) is 28.7 Å². The van der Waals surface area contributed by atoms with Gasteiger partial charge < -0.3 is 5.32 Å². The zero-order valence-electron chi connectivity index (χ0n) is 20.1. The standard InChI is InChI=1S/C25H22N4O6S2/c1-13-4-6-14(7-5-13)26-17(30)12-27-23-20(37-24(27)33)25(2,3)18-19(36-23)22(32)28(21(18)31)15-8-10-16(11-9-15)29(34)35/h4-11,18-19H,12H2,1-3H3,(H,26,30). The molecule has 12 heteroatoms. The molecule has 0 aliphatic carbocycles. The largest absolute Gasteiger partial charge is 0.325 e.